The second-order valence-corrected chi connectivity index (χ2v) is 5.94. The first-order valence-corrected chi connectivity index (χ1v) is 7.98. The molecule has 0 spiro atoms. The van der Waals surface area contributed by atoms with E-state index in [1.54, 1.807) is 12.1 Å². The highest BCUT2D eigenvalue weighted by atomic mass is 19.1. The van der Waals surface area contributed by atoms with Crippen molar-refractivity contribution < 1.29 is 19.0 Å². The maximum Gasteiger partial charge on any atom is 0.320 e. The summed E-state index contributed by atoms with van der Waals surface area (Å²) in [6.07, 6.45) is 1.43. The third-order valence-corrected chi connectivity index (χ3v) is 4.52. The van der Waals surface area contributed by atoms with Crippen LogP contribution in [-0.2, 0) is 4.79 Å². The van der Waals surface area contributed by atoms with Gasteiger partial charge < -0.3 is 9.84 Å². The SMILES string of the molecule is COc1ccc(C(c2ccccc2)N2CCCC2C(=O)O)cc1F. The third kappa shape index (κ3) is 3.12. The Balaban J connectivity index is 2.06. The molecular weight excluding hydrogens is 309 g/mol. The largest absolute Gasteiger partial charge is 0.494 e. The predicted octanol–water partition coefficient (Wildman–Crippen LogP) is 3.47. The van der Waals surface area contributed by atoms with Crippen molar-refractivity contribution in [1.82, 2.24) is 4.90 Å². The van der Waals surface area contributed by atoms with E-state index in [0.717, 1.165) is 17.5 Å². The molecule has 0 saturated carbocycles. The molecule has 2 unspecified atom stereocenters. The first-order chi connectivity index (χ1) is 11.6. The van der Waals surface area contributed by atoms with Gasteiger partial charge in [-0.2, -0.15) is 0 Å². The smallest absolute Gasteiger partial charge is 0.320 e. The molecule has 24 heavy (non-hydrogen) atoms. The molecule has 0 bridgehead atoms. The van der Waals surface area contributed by atoms with Gasteiger partial charge in [0.1, 0.15) is 6.04 Å². The summed E-state index contributed by atoms with van der Waals surface area (Å²) in [7, 11) is 1.42. The second-order valence-electron chi connectivity index (χ2n) is 5.94. The van der Waals surface area contributed by atoms with E-state index in [0.29, 0.717) is 13.0 Å². The number of halogens is 1. The normalized spacial score (nSPS) is 19.2. The molecule has 0 aromatic heterocycles. The minimum atomic E-state index is -0.831. The van der Waals surface area contributed by atoms with Crippen molar-refractivity contribution in [3.8, 4) is 5.75 Å². The van der Waals surface area contributed by atoms with Gasteiger partial charge in [-0.05, 0) is 36.1 Å². The van der Waals surface area contributed by atoms with Gasteiger partial charge in [0.2, 0.25) is 0 Å². The fourth-order valence-corrected chi connectivity index (χ4v) is 3.43. The molecular formula is C19H20FNO3. The molecule has 0 amide bonds. The van der Waals surface area contributed by atoms with Crippen molar-refractivity contribution in [2.75, 3.05) is 13.7 Å². The minimum absolute atomic E-state index is 0.182. The van der Waals surface area contributed by atoms with Crippen LogP contribution in [0.1, 0.15) is 30.0 Å². The quantitative estimate of drug-likeness (QED) is 0.912. The van der Waals surface area contributed by atoms with Crippen LogP contribution < -0.4 is 4.74 Å². The van der Waals surface area contributed by atoms with Crippen LogP contribution >= 0.6 is 0 Å². The Kier molecular flexibility index (Phi) is 4.81. The Morgan fingerprint density at radius 1 is 1.25 bits per heavy atom. The van der Waals surface area contributed by atoms with Crippen LogP contribution in [0.2, 0.25) is 0 Å². The van der Waals surface area contributed by atoms with E-state index in [1.165, 1.54) is 13.2 Å². The molecule has 1 aliphatic rings. The number of hydrogen-bond donors (Lipinski definition) is 1. The lowest BCUT2D eigenvalue weighted by Crippen LogP contribution is -2.39. The van der Waals surface area contributed by atoms with Crippen molar-refractivity contribution in [3.05, 3.63) is 65.5 Å². The van der Waals surface area contributed by atoms with Crippen molar-refractivity contribution in [2.45, 2.75) is 24.9 Å². The molecule has 3 rings (SSSR count). The van der Waals surface area contributed by atoms with Gasteiger partial charge in [0, 0.05) is 6.54 Å². The van der Waals surface area contributed by atoms with Crippen molar-refractivity contribution in [1.29, 1.82) is 0 Å². The first-order valence-electron chi connectivity index (χ1n) is 7.98. The van der Waals surface area contributed by atoms with Gasteiger partial charge in [0.05, 0.1) is 13.2 Å². The number of ether oxygens (including phenoxy) is 1. The lowest BCUT2D eigenvalue weighted by Gasteiger charge is -2.32. The summed E-state index contributed by atoms with van der Waals surface area (Å²) in [5.74, 6) is -1.09. The molecule has 2 atom stereocenters. The molecule has 1 saturated heterocycles. The number of carbonyl (C=O) groups is 1. The van der Waals surface area contributed by atoms with Crippen molar-refractivity contribution in [3.63, 3.8) is 0 Å². The molecule has 1 aliphatic heterocycles. The predicted molar refractivity (Wildman–Crippen MR) is 88.6 cm³/mol. The Labute approximate surface area is 140 Å². The van der Waals surface area contributed by atoms with Crippen LogP contribution in [0.25, 0.3) is 0 Å². The highest BCUT2D eigenvalue weighted by molar-refractivity contribution is 5.74. The summed E-state index contributed by atoms with van der Waals surface area (Å²) >= 11 is 0. The number of likely N-dealkylation sites (tertiary alicyclic amines) is 1. The monoisotopic (exact) mass is 329 g/mol. The van der Waals surface area contributed by atoms with E-state index in [-0.39, 0.29) is 11.8 Å². The number of carboxylic acid groups (broad SMARTS) is 1. The van der Waals surface area contributed by atoms with E-state index in [1.807, 2.05) is 35.2 Å². The van der Waals surface area contributed by atoms with Crippen LogP contribution in [0.4, 0.5) is 4.39 Å². The zero-order chi connectivity index (χ0) is 17.1. The lowest BCUT2D eigenvalue weighted by molar-refractivity contribution is -0.142. The average Bonchev–Trinajstić information content (AvgIpc) is 3.06. The maximum atomic E-state index is 14.2. The summed E-state index contributed by atoms with van der Waals surface area (Å²) < 4.78 is 19.2. The zero-order valence-electron chi connectivity index (χ0n) is 13.5. The summed E-state index contributed by atoms with van der Waals surface area (Å²) in [5, 5.41) is 9.53. The third-order valence-electron chi connectivity index (χ3n) is 4.52. The maximum absolute atomic E-state index is 14.2. The highest BCUT2D eigenvalue weighted by Gasteiger charge is 2.37. The summed E-state index contributed by atoms with van der Waals surface area (Å²) in [6.45, 7) is 0.671. The Morgan fingerprint density at radius 3 is 2.62 bits per heavy atom. The number of nitrogens with zero attached hydrogens (tertiary/aromatic N) is 1. The molecule has 1 N–H and O–H groups in total. The Morgan fingerprint density at radius 2 is 2.00 bits per heavy atom. The van der Waals surface area contributed by atoms with Gasteiger partial charge in [0.15, 0.2) is 11.6 Å². The number of hydrogen-bond acceptors (Lipinski definition) is 3. The fraction of sp³-hybridized carbons (Fsp3) is 0.316. The molecule has 2 aromatic rings. The van der Waals surface area contributed by atoms with Crippen LogP contribution in [0.3, 0.4) is 0 Å². The molecule has 126 valence electrons. The minimum Gasteiger partial charge on any atom is -0.494 e. The number of aliphatic carboxylic acids is 1. The number of carboxylic acids is 1. The van der Waals surface area contributed by atoms with Gasteiger partial charge in [-0.15, -0.1) is 0 Å². The lowest BCUT2D eigenvalue weighted by atomic mass is 9.96. The fourth-order valence-electron chi connectivity index (χ4n) is 3.43. The second kappa shape index (κ2) is 7.01. The van der Waals surface area contributed by atoms with Crippen LogP contribution in [0.15, 0.2) is 48.5 Å². The molecule has 5 heteroatoms. The summed E-state index contributed by atoms with van der Waals surface area (Å²) in [5.41, 5.74) is 1.68. The van der Waals surface area contributed by atoms with E-state index in [4.69, 9.17) is 4.74 Å². The first kappa shape index (κ1) is 16.5. The van der Waals surface area contributed by atoms with Crippen molar-refractivity contribution in [2.24, 2.45) is 0 Å². The van der Waals surface area contributed by atoms with E-state index in [2.05, 4.69) is 0 Å². The van der Waals surface area contributed by atoms with Crippen LogP contribution in [0, 0.1) is 5.82 Å². The van der Waals surface area contributed by atoms with Gasteiger partial charge in [-0.25, -0.2) is 4.39 Å². The zero-order valence-corrected chi connectivity index (χ0v) is 13.5. The molecule has 4 nitrogen and oxygen atoms in total. The van der Waals surface area contributed by atoms with Gasteiger partial charge >= 0.3 is 5.97 Å². The molecule has 0 radical (unpaired) electrons. The number of rotatable bonds is 5. The van der Waals surface area contributed by atoms with E-state index < -0.39 is 17.8 Å². The standard InChI is InChI=1S/C19H20FNO3/c1-24-17-10-9-14(12-15(17)20)18(13-6-3-2-4-7-13)21-11-5-8-16(21)19(22)23/h2-4,6-7,9-10,12,16,18H,5,8,11H2,1H3,(H,22,23). The molecule has 2 aromatic carbocycles. The van der Waals surface area contributed by atoms with Gasteiger partial charge in [-0.3, -0.25) is 9.69 Å². The molecule has 1 heterocycles. The molecule has 0 aliphatic carbocycles. The topological polar surface area (TPSA) is 49.8 Å². The summed E-state index contributed by atoms with van der Waals surface area (Å²) in [4.78, 5) is 13.6. The van der Waals surface area contributed by atoms with Crippen LogP contribution in [-0.4, -0.2) is 35.7 Å². The van der Waals surface area contributed by atoms with Crippen molar-refractivity contribution >= 4 is 5.97 Å². The van der Waals surface area contributed by atoms with Crippen LogP contribution in [0.5, 0.6) is 5.75 Å². The van der Waals surface area contributed by atoms with E-state index in [9.17, 15) is 14.3 Å². The Hall–Kier alpha value is -2.40. The van der Waals surface area contributed by atoms with Gasteiger partial charge in [0.25, 0.3) is 0 Å². The average molecular weight is 329 g/mol. The number of methoxy groups -OCH3 is 1. The summed E-state index contributed by atoms with van der Waals surface area (Å²) in [6, 6.07) is 13.6. The number of benzene rings is 2. The highest BCUT2D eigenvalue weighted by Crippen LogP contribution is 2.36. The molecule has 1 fully saturated rings. The van der Waals surface area contributed by atoms with Gasteiger partial charge in [-0.1, -0.05) is 36.4 Å². The Bertz CT molecular complexity index is 720. The van der Waals surface area contributed by atoms with E-state index >= 15 is 0 Å².